The van der Waals surface area contributed by atoms with Gasteiger partial charge in [0.05, 0.1) is 5.56 Å². The Balaban J connectivity index is 1.51. The number of halogens is 3. The molecule has 0 spiro atoms. The Morgan fingerprint density at radius 2 is 1.89 bits per heavy atom. The van der Waals surface area contributed by atoms with E-state index < -0.39 is 17.7 Å². The van der Waals surface area contributed by atoms with Crippen LogP contribution in [0.3, 0.4) is 0 Å². The highest BCUT2D eigenvalue weighted by molar-refractivity contribution is 5.85. The van der Waals surface area contributed by atoms with Crippen molar-refractivity contribution in [2.24, 2.45) is 11.8 Å². The molecule has 1 saturated heterocycles. The summed E-state index contributed by atoms with van der Waals surface area (Å²) in [6.07, 6.45) is -0.570. The highest BCUT2D eigenvalue weighted by atomic mass is 19.4. The second-order valence-corrected chi connectivity index (χ2v) is 7.55. The number of fused-ring (bicyclic) bond motifs is 1. The topological polar surface area (TPSA) is 79.2 Å². The van der Waals surface area contributed by atoms with Gasteiger partial charge >= 0.3 is 12.1 Å². The standard InChI is InChI=1S/C19H19F3N4O2/c1-10-4-16(17(27)28)25-18(24-10)26-8-12-5-11(6-13(12)9-26)14-7-23-3-2-15(14)19(20,21)22/h2-4,7,11-13H,5-6,8-9H2,1H3,(H,27,28)/t11?,12-,13+. The van der Waals surface area contributed by atoms with Crippen molar-refractivity contribution in [1.82, 2.24) is 15.0 Å². The van der Waals surface area contributed by atoms with Gasteiger partial charge in [-0.15, -0.1) is 0 Å². The van der Waals surface area contributed by atoms with E-state index in [1.165, 1.54) is 18.5 Å². The van der Waals surface area contributed by atoms with Gasteiger partial charge in [0, 0.05) is 31.2 Å². The summed E-state index contributed by atoms with van der Waals surface area (Å²) in [5.74, 6) is -0.453. The highest BCUT2D eigenvalue weighted by Crippen LogP contribution is 2.49. The number of hydrogen-bond acceptors (Lipinski definition) is 5. The number of aromatic nitrogens is 3. The molecule has 148 valence electrons. The minimum atomic E-state index is -4.38. The molecule has 1 aliphatic heterocycles. The lowest BCUT2D eigenvalue weighted by molar-refractivity contribution is -0.138. The summed E-state index contributed by atoms with van der Waals surface area (Å²) in [4.78, 5) is 25.5. The van der Waals surface area contributed by atoms with Crippen LogP contribution in [0.15, 0.2) is 24.5 Å². The van der Waals surface area contributed by atoms with E-state index in [0.29, 0.717) is 37.6 Å². The summed E-state index contributed by atoms with van der Waals surface area (Å²) in [6.45, 7) is 2.95. The molecule has 0 amide bonds. The van der Waals surface area contributed by atoms with E-state index in [-0.39, 0.29) is 29.0 Å². The molecule has 2 aromatic heterocycles. The van der Waals surface area contributed by atoms with Crippen molar-refractivity contribution in [3.8, 4) is 0 Å². The second-order valence-electron chi connectivity index (χ2n) is 7.55. The van der Waals surface area contributed by atoms with Crippen molar-refractivity contribution in [3.63, 3.8) is 0 Å². The van der Waals surface area contributed by atoms with Crippen LogP contribution in [0.2, 0.25) is 0 Å². The van der Waals surface area contributed by atoms with Crippen molar-refractivity contribution < 1.29 is 23.1 Å². The fourth-order valence-electron chi connectivity index (χ4n) is 4.51. The number of carbonyl (C=O) groups is 1. The molecule has 2 aromatic rings. The zero-order valence-corrected chi connectivity index (χ0v) is 15.1. The van der Waals surface area contributed by atoms with Crippen molar-refractivity contribution in [1.29, 1.82) is 0 Å². The quantitative estimate of drug-likeness (QED) is 0.861. The Kier molecular flexibility index (Phi) is 4.47. The Morgan fingerprint density at radius 1 is 1.21 bits per heavy atom. The summed E-state index contributed by atoms with van der Waals surface area (Å²) in [5, 5.41) is 9.18. The van der Waals surface area contributed by atoms with Crippen molar-refractivity contribution in [3.05, 3.63) is 47.0 Å². The third-order valence-electron chi connectivity index (χ3n) is 5.69. The molecule has 2 aliphatic rings. The third kappa shape index (κ3) is 3.41. The summed E-state index contributed by atoms with van der Waals surface area (Å²) in [7, 11) is 0. The van der Waals surface area contributed by atoms with Crippen LogP contribution in [0, 0.1) is 18.8 Å². The average molecular weight is 392 g/mol. The van der Waals surface area contributed by atoms with Crippen LogP contribution in [0.5, 0.6) is 0 Å². The first kappa shape index (κ1) is 18.6. The second kappa shape index (κ2) is 6.72. The number of rotatable bonds is 3. The maximum Gasteiger partial charge on any atom is 0.416 e. The van der Waals surface area contributed by atoms with Gasteiger partial charge in [-0.25, -0.2) is 14.8 Å². The van der Waals surface area contributed by atoms with Gasteiger partial charge in [-0.2, -0.15) is 13.2 Å². The van der Waals surface area contributed by atoms with Crippen molar-refractivity contribution in [2.75, 3.05) is 18.0 Å². The number of pyridine rings is 1. The van der Waals surface area contributed by atoms with E-state index in [1.54, 1.807) is 6.92 Å². The fourth-order valence-corrected chi connectivity index (χ4v) is 4.51. The van der Waals surface area contributed by atoms with Crippen LogP contribution in [-0.4, -0.2) is 39.1 Å². The molecule has 1 saturated carbocycles. The summed E-state index contributed by atoms with van der Waals surface area (Å²) in [5.41, 5.74) is 0.193. The van der Waals surface area contributed by atoms with Gasteiger partial charge in [0.2, 0.25) is 5.95 Å². The number of alkyl halides is 3. The van der Waals surface area contributed by atoms with E-state index in [4.69, 9.17) is 0 Å². The predicted molar refractivity (Wildman–Crippen MR) is 94.1 cm³/mol. The number of anilines is 1. The number of nitrogens with zero attached hydrogens (tertiary/aromatic N) is 4. The molecule has 1 aliphatic carbocycles. The Labute approximate surface area is 159 Å². The maximum atomic E-state index is 13.3. The molecule has 9 heteroatoms. The van der Waals surface area contributed by atoms with Crippen molar-refractivity contribution >= 4 is 11.9 Å². The molecule has 0 radical (unpaired) electrons. The van der Waals surface area contributed by atoms with Crippen LogP contribution >= 0.6 is 0 Å². The fraction of sp³-hybridized carbons (Fsp3) is 0.474. The number of aryl methyl sites for hydroxylation is 1. The van der Waals surface area contributed by atoms with Crippen LogP contribution in [-0.2, 0) is 6.18 Å². The van der Waals surface area contributed by atoms with Gasteiger partial charge in [-0.3, -0.25) is 4.98 Å². The summed E-state index contributed by atoms with van der Waals surface area (Å²) in [6, 6.07) is 2.46. The van der Waals surface area contributed by atoms with E-state index in [1.807, 2.05) is 4.90 Å². The molecular weight excluding hydrogens is 373 g/mol. The average Bonchev–Trinajstić information content (AvgIpc) is 3.19. The minimum Gasteiger partial charge on any atom is -0.477 e. The predicted octanol–water partition coefficient (Wildman–Crippen LogP) is 3.53. The lowest BCUT2D eigenvalue weighted by atomic mass is 9.93. The molecule has 28 heavy (non-hydrogen) atoms. The molecule has 2 fully saturated rings. The van der Waals surface area contributed by atoms with E-state index >= 15 is 0 Å². The van der Waals surface area contributed by atoms with Crippen LogP contribution in [0.25, 0.3) is 0 Å². The Hall–Kier alpha value is -2.71. The molecule has 0 bridgehead atoms. The van der Waals surface area contributed by atoms with Gasteiger partial charge < -0.3 is 10.0 Å². The molecular formula is C19H19F3N4O2. The van der Waals surface area contributed by atoms with Gasteiger partial charge in [-0.05, 0) is 55.2 Å². The van der Waals surface area contributed by atoms with Gasteiger partial charge in [0.1, 0.15) is 0 Å². The number of carboxylic acids is 1. The van der Waals surface area contributed by atoms with E-state index in [0.717, 1.165) is 6.07 Å². The monoisotopic (exact) mass is 392 g/mol. The van der Waals surface area contributed by atoms with Crippen LogP contribution in [0.4, 0.5) is 19.1 Å². The number of aromatic carboxylic acids is 1. The molecule has 0 aromatic carbocycles. The zero-order chi connectivity index (χ0) is 20.1. The number of hydrogen-bond donors (Lipinski definition) is 1. The molecule has 4 rings (SSSR count). The van der Waals surface area contributed by atoms with Gasteiger partial charge in [-0.1, -0.05) is 0 Å². The number of carboxylic acid groups (broad SMARTS) is 1. The molecule has 1 unspecified atom stereocenters. The largest absolute Gasteiger partial charge is 0.477 e. The lowest BCUT2D eigenvalue weighted by Gasteiger charge is -2.21. The van der Waals surface area contributed by atoms with Crippen LogP contribution in [0.1, 0.15) is 46.1 Å². The third-order valence-corrected chi connectivity index (χ3v) is 5.69. The van der Waals surface area contributed by atoms with Crippen LogP contribution < -0.4 is 4.90 Å². The first-order valence-electron chi connectivity index (χ1n) is 9.07. The normalized spacial score (nSPS) is 24.4. The van der Waals surface area contributed by atoms with E-state index in [2.05, 4.69) is 15.0 Å². The highest BCUT2D eigenvalue weighted by Gasteiger charge is 2.44. The first-order chi connectivity index (χ1) is 13.2. The maximum absolute atomic E-state index is 13.3. The molecule has 3 heterocycles. The molecule has 1 N–H and O–H groups in total. The van der Waals surface area contributed by atoms with E-state index in [9.17, 15) is 23.1 Å². The Bertz CT molecular complexity index is 904. The minimum absolute atomic E-state index is 0.0531. The Morgan fingerprint density at radius 3 is 2.50 bits per heavy atom. The molecule has 3 atom stereocenters. The zero-order valence-electron chi connectivity index (χ0n) is 15.1. The van der Waals surface area contributed by atoms with Gasteiger partial charge in [0.25, 0.3) is 0 Å². The van der Waals surface area contributed by atoms with Crippen molar-refractivity contribution in [2.45, 2.75) is 31.9 Å². The lowest BCUT2D eigenvalue weighted by Crippen LogP contribution is -2.25. The summed E-state index contributed by atoms with van der Waals surface area (Å²) < 4.78 is 39.9. The smallest absolute Gasteiger partial charge is 0.416 e. The SMILES string of the molecule is Cc1cc(C(=O)O)nc(N2C[C@H]3CC(c4cnccc4C(F)(F)F)C[C@H]3C2)n1. The molecule has 6 nitrogen and oxygen atoms in total. The summed E-state index contributed by atoms with van der Waals surface area (Å²) >= 11 is 0. The first-order valence-corrected chi connectivity index (χ1v) is 9.07. The van der Waals surface area contributed by atoms with Gasteiger partial charge in [0.15, 0.2) is 5.69 Å².